The lowest BCUT2D eigenvalue weighted by molar-refractivity contribution is -0.137. The van der Waals surface area contributed by atoms with Gasteiger partial charge in [0.05, 0.1) is 0 Å². The van der Waals surface area contributed by atoms with Gasteiger partial charge in [0.15, 0.2) is 0 Å². The van der Waals surface area contributed by atoms with E-state index in [2.05, 4.69) is 31.4 Å². The molecule has 0 saturated carbocycles. The fourth-order valence-electron chi connectivity index (χ4n) is 4.30. The first-order valence-corrected chi connectivity index (χ1v) is 10.3. The zero-order valence-corrected chi connectivity index (χ0v) is 17.6. The summed E-state index contributed by atoms with van der Waals surface area (Å²) >= 11 is 0. The van der Waals surface area contributed by atoms with E-state index < -0.39 is 0 Å². The molecule has 0 aromatic carbocycles. The number of hydrogen-bond acceptors (Lipinski definition) is 3. The second kappa shape index (κ2) is 11.8. The van der Waals surface area contributed by atoms with E-state index in [1.54, 1.807) is 0 Å². The van der Waals surface area contributed by atoms with Crippen molar-refractivity contribution >= 4 is 24.2 Å². The van der Waals surface area contributed by atoms with Crippen LogP contribution in [0.4, 0.5) is 0 Å². The molecule has 5 nitrogen and oxygen atoms in total. The molecular weight excluding hydrogens is 350 g/mol. The molecule has 2 aliphatic rings. The van der Waals surface area contributed by atoms with Gasteiger partial charge in [-0.05, 0) is 63.5 Å². The van der Waals surface area contributed by atoms with E-state index in [4.69, 9.17) is 0 Å². The lowest BCUT2D eigenvalue weighted by Crippen LogP contribution is -2.48. The molecule has 1 unspecified atom stereocenters. The van der Waals surface area contributed by atoms with Crippen molar-refractivity contribution in [3.8, 4) is 0 Å². The van der Waals surface area contributed by atoms with E-state index in [9.17, 15) is 9.59 Å². The van der Waals surface area contributed by atoms with Gasteiger partial charge in [0, 0.05) is 31.5 Å². The second-order valence-corrected chi connectivity index (χ2v) is 7.95. The molecule has 2 saturated heterocycles. The largest absolute Gasteiger partial charge is 0.353 e. The number of halogens is 1. The lowest BCUT2D eigenvalue weighted by Gasteiger charge is -2.34. The third-order valence-electron chi connectivity index (χ3n) is 6.20. The Balaban J connectivity index is 0.00000338. The first kappa shape index (κ1) is 23.2. The minimum atomic E-state index is 0. The molecule has 0 aromatic heterocycles. The summed E-state index contributed by atoms with van der Waals surface area (Å²) in [5, 5.41) is 6.60. The van der Waals surface area contributed by atoms with E-state index in [0.29, 0.717) is 24.2 Å². The molecule has 2 N–H and O–H groups in total. The summed E-state index contributed by atoms with van der Waals surface area (Å²) < 4.78 is 0. The van der Waals surface area contributed by atoms with Crippen LogP contribution in [0.2, 0.25) is 0 Å². The van der Waals surface area contributed by atoms with E-state index in [1.807, 2.05) is 4.90 Å². The molecule has 26 heavy (non-hydrogen) atoms. The molecule has 2 aliphatic heterocycles. The molecule has 6 heteroatoms. The quantitative estimate of drug-likeness (QED) is 0.705. The van der Waals surface area contributed by atoms with Gasteiger partial charge >= 0.3 is 0 Å². The maximum absolute atomic E-state index is 12.4. The standard InChI is InChI=1S/C20H37N3O2.ClH/c1-4-16(5-2)20(25)23-12-8-18(9-13-23)22-19(24)14-15(3)17-6-10-21-11-7-17;/h15-18,21H,4-14H2,1-3H3,(H,22,24);1H. The highest BCUT2D eigenvalue weighted by Crippen LogP contribution is 2.24. The highest BCUT2D eigenvalue weighted by Gasteiger charge is 2.28. The van der Waals surface area contributed by atoms with Crippen molar-refractivity contribution in [2.45, 2.75) is 71.8 Å². The Hall–Kier alpha value is -0.810. The Kier molecular flexibility index (Phi) is 10.6. The van der Waals surface area contributed by atoms with Crippen molar-refractivity contribution in [1.82, 2.24) is 15.5 Å². The van der Waals surface area contributed by atoms with Gasteiger partial charge in [-0.3, -0.25) is 9.59 Å². The molecule has 2 heterocycles. The van der Waals surface area contributed by atoms with Gasteiger partial charge in [-0.1, -0.05) is 20.8 Å². The summed E-state index contributed by atoms with van der Waals surface area (Å²) in [6.07, 6.45) is 6.62. The summed E-state index contributed by atoms with van der Waals surface area (Å²) in [4.78, 5) is 26.8. The van der Waals surface area contributed by atoms with Gasteiger partial charge in [-0.2, -0.15) is 0 Å². The van der Waals surface area contributed by atoms with Crippen molar-refractivity contribution in [3.63, 3.8) is 0 Å². The Morgan fingerprint density at radius 2 is 1.65 bits per heavy atom. The minimum Gasteiger partial charge on any atom is -0.353 e. The van der Waals surface area contributed by atoms with Gasteiger partial charge in [0.2, 0.25) is 11.8 Å². The number of nitrogens with zero attached hydrogens (tertiary/aromatic N) is 1. The molecule has 2 fully saturated rings. The monoisotopic (exact) mass is 387 g/mol. The Morgan fingerprint density at radius 1 is 1.08 bits per heavy atom. The number of amides is 2. The topological polar surface area (TPSA) is 61.4 Å². The van der Waals surface area contributed by atoms with Gasteiger partial charge in [0.1, 0.15) is 0 Å². The van der Waals surface area contributed by atoms with Crippen LogP contribution >= 0.6 is 12.4 Å². The van der Waals surface area contributed by atoms with Crippen molar-refractivity contribution < 1.29 is 9.59 Å². The maximum Gasteiger partial charge on any atom is 0.225 e. The molecule has 0 bridgehead atoms. The molecule has 0 spiro atoms. The van der Waals surface area contributed by atoms with Crippen molar-refractivity contribution in [3.05, 3.63) is 0 Å². The highest BCUT2D eigenvalue weighted by atomic mass is 35.5. The normalized spacial score (nSPS) is 20.5. The van der Waals surface area contributed by atoms with E-state index >= 15 is 0 Å². The van der Waals surface area contributed by atoms with E-state index in [-0.39, 0.29) is 30.3 Å². The summed E-state index contributed by atoms with van der Waals surface area (Å²) in [7, 11) is 0. The number of carbonyl (C=O) groups is 2. The van der Waals surface area contributed by atoms with E-state index in [0.717, 1.165) is 51.9 Å². The second-order valence-electron chi connectivity index (χ2n) is 7.95. The SMILES string of the molecule is CCC(CC)C(=O)N1CCC(NC(=O)CC(C)C2CCNCC2)CC1.Cl. The van der Waals surface area contributed by atoms with Crippen molar-refractivity contribution in [2.24, 2.45) is 17.8 Å². The number of nitrogens with one attached hydrogen (secondary N) is 2. The summed E-state index contributed by atoms with van der Waals surface area (Å²) in [6.45, 7) is 10.1. The summed E-state index contributed by atoms with van der Waals surface area (Å²) in [5.74, 6) is 1.78. The Morgan fingerprint density at radius 3 is 2.19 bits per heavy atom. The molecule has 0 aromatic rings. The highest BCUT2D eigenvalue weighted by molar-refractivity contribution is 5.85. The Bertz CT molecular complexity index is 429. The third-order valence-corrected chi connectivity index (χ3v) is 6.20. The first-order valence-electron chi connectivity index (χ1n) is 10.3. The lowest BCUT2D eigenvalue weighted by atomic mass is 9.84. The van der Waals surface area contributed by atoms with Crippen LogP contribution in [-0.2, 0) is 9.59 Å². The Labute approximate surface area is 165 Å². The zero-order chi connectivity index (χ0) is 18.2. The molecule has 2 amide bonds. The van der Waals surface area contributed by atoms with Crippen LogP contribution in [0.3, 0.4) is 0 Å². The molecule has 2 rings (SSSR count). The molecule has 1 atom stereocenters. The van der Waals surface area contributed by atoms with Gasteiger partial charge in [-0.25, -0.2) is 0 Å². The average molecular weight is 388 g/mol. The number of likely N-dealkylation sites (tertiary alicyclic amines) is 1. The number of rotatable bonds is 7. The summed E-state index contributed by atoms with van der Waals surface area (Å²) in [5.41, 5.74) is 0. The number of carbonyl (C=O) groups excluding carboxylic acids is 2. The zero-order valence-electron chi connectivity index (χ0n) is 16.8. The predicted molar refractivity (Wildman–Crippen MR) is 108 cm³/mol. The van der Waals surface area contributed by atoms with Crippen LogP contribution in [0.25, 0.3) is 0 Å². The van der Waals surface area contributed by atoms with Crippen molar-refractivity contribution in [1.29, 1.82) is 0 Å². The fourth-order valence-corrected chi connectivity index (χ4v) is 4.30. The van der Waals surface area contributed by atoms with Crippen LogP contribution in [-0.4, -0.2) is 48.9 Å². The van der Waals surface area contributed by atoms with Crippen LogP contribution in [0.1, 0.15) is 65.7 Å². The smallest absolute Gasteiger partial charge is 0.225 e. The first-order chi connectivity index (χ1) is 12.0. The van der Waals surface area contributed by atoms with Crippen LogP contribution in [0, 0.1) is 17.8 Å². The molecular formula is C20H38ClN3O2. The van der Waals surface area contributed by atoms with Crippen LogP contribution in [0.5, 0.6) is 0 Å². The molecule has 0 aliphatic carbocycles. The van der Waals surface area contributed by atoms with Gasteiger partial charge in [-0.15, -0.1) is 12.4 Å². The third kappa shape index (κ3) is 6.73. The van der Waals surface area contributed by atoms with Crippen LogP contribution in [0.15, 0.2) is 0 Å². The molecule has 0 radical (unpaired) electrons. The minimum absolute atomic E-state index is 0. The summed E-state index contributed by atoms with van der Waals surface area (Å²) in [6, 6.07) is 0.235. The fraction of sp³-hybridized carbons (Fsp3) is 0.900. The van der Waals surface area contributed by atoms with Crippen LogP contribution < -0.4 is 10.6 Å². The average Bonchev–Trinajstić information content (AvgIpc) is 2.64. The van der Waals surface area contributed by atoms with Gasteiger partial charge in [0.25, 0.3) is 0 Å². The number of piperidine rings is 2. The molecule has 152 valence electrons. The van der Waals surface area contributed by atoms with Gasteiger partial charge < -0.3 is 15.5 Å². The maximum atomic E-state index is 12.4. The van der Waals surface area contributed by atoms with Crippen molar-refractivity contribution in [2.75, 3.05) is 26.2 Å². The number of hydrogen-bond donors (Lipinski definition) is 2. The predicted octanol–water partition coefficient (Wildman–Crippen LogP) is 2.98. The van der Waals surface area contributed by atoms with E-state index in [1.165, 1.54) is 12.8 Å².